The zero-order chi connectivity index (χ0) is 15.3. The van der Waals surface area contributed by atoms with Gasteiger partial charge in [-0.05, 0) is 19.1 Å². The normalized spacial score (nSPS) is 13.4. The van der Waals surface area contributed by atoms with Gasteiger partial charge in [-0.1, -0.05) is 23.2 Å². The van der Waals surface area contributed by atoms with E-state index in [0.29, 0.717) is 13.1 Å². The van der Waals surface area contributed by atoms with E-state index in [1.165, 1.54) is 0 Å². The number of halogens is 3. The van der Waals surface area contributed by atoms with Crippen molar-refractivity contribution >= 4 is 33.2 Å². The third-order valence-corrected chi connectivity index (χ3v) is 4.60. The summed E-state index contributed by atoms with van der Waals surface area (Å²) in [5.74, 6) is -0.969. The molecule has 1 aromatic rings. The summed E-state index contributed by atoms with van der Waals surface area (Å²) in [4.78, 5) is -0.364. The van der Waals surface area contributed by atoms with Crippen LogP contribution in [0.2, 0.25) is 10.0 Å². The topological polar surface area (TPSA) is 78.4 Å². The first-order valence-corrected chi connectivity index (χ1v) is 8.01. The fourth-order valence-corrected chi connectivity index (χ4v) is 3.15. The summed E-state index contributed by atoms with van der Waals surface area (Å²) in [5, 5.41) is 11.1. The monoisotopic (exact) mass is 344 g/mol. The maximum Gasteiger partial charge on any atom is 0.242 e. The Hall–Kier alpha value is -0.440. The summed E-state index contributed by atoms with van der Waals surface area (Å²) in [6, 6.07) is 2.27. The number of aliphatic hydroxyl groups excluding tert-OH is 1. The molecule has 0 bridgehead atoms. The lowest BCUT2D eigenvalue weighted by molar-refractivity contribution is 0.192. The Kier molecular flexibility index (Phi) is 6.63. The first-order valence-electron chi connectivity index (χ1n) is 5.77. The predicted octanol–water partition coefficient (Wildman–Crippen LogP) is 1.38. The molecule has 0 aliphatic heterocycles. The SMILES string of the molecule is CC(O)CNCCNS(=O)(=O)c1ccc(Cl)c(F)c1Cl. The minimum absolute atomic E-state index is 0.0790. The van der Waals surface area contributed by atoms with E-state index < -0.39 is 27.0 Å². The number of nitrogens with one attached hydrogen (secondary N) is 2. The smallest absolute Gasteiger partial charge is 0.242 e. The number of aliphatic hydroxyl groups is 1. The van der Waals surface area contributed by atoms with Crippen LogP contribution < -0.4 is 10.0 Å². The summed E-state index contributed by atoms with van der Waals surface area (Å²) in [6.45, 7) is 2.35. The van der Waals surface area contributed by atoms with Gasteiger partial charge >= 0.3 is 0 Å². The van der Waals surface area contributed by atoms with Crippen molar-refractivity contribution in [3.63, 3.8) is 0 Å². The molecule has 1 atom stereocenters. The molecule has 0 aliphatic carbocycles. The van der Waals surface area contributed by atoms with Crippen molar-refractivity contribution in [3.05, 3.63) is 28.0 Å². The second kappa shape index (κ2) is 7.53. The van der Waals surface area contributed by atoms with Gasteiger partial charge in [0.2, 0.25) is 10.0 Å². The van der Waals surface area contributed by atoms with Gasteiger partial charge in [-0.2, -0.15) is 0 Å². The molecule has 3 N–H and O–H groups in total. The molecule has 0 fully saturated rings. The Bertz CT molecular complexity index is 567. The van der Waals surface area contributed by atoms with Gasteiger partial charge in [0, 0.05) is 19.6 Å². The van der Waals surface area contributed by atoms with Crippen molar-refractivity contribution in [2.24, 2.45) is 0 Å². The Balaban J connectivity index is 2.68. The van der Waals surface area contributed by atoms with E-state index in [1.807, 2.05) is 0 Å². The molecule has 9 heteroatoms. The fraction of sp³-hybridized carbons (Fsp3) is 0.455. The molecule has 0 saturated carbocycles. The van der Waals surface area contributed by atoms with Crippen LogP contribution in [0, 0.1) is 5.82 Å². The lowest BCUT2D eigenvalue weighted by atomic mass is 10.3. The van der Waals surface area contributed by atoms with Crippen molar-refractivity contribution in [2.45, 2.75) is 17.9 Å². The van der Waals surface area contributed by atoms with Crippen LogP contribution in [0.25, 0.3) is 0 Å². The van der Waals surface area contributed by atoms with E-state index in [0.717, 1.165) is 12.1 Å². The molecule has 114 valence electrons. The average Bonchev–Trinajstić information content (AvgIpc) is 2.34. The number of hydrogen-bond donors (Lipinski definition) is 3. The molecule has 0 heterocycles. The van der Waals surface area contributed by atoms with E-state index in [-0.39, 0.29) is 16.5 Å². The van der Waals surface area contributed by atoms with Crippen molar-refractivity contribution in [3.8, 4) is 0 Å². The second-order valence-electron chi connectivity index (χ2n) is 4.12. The molecule has 0 saturated heterocycles. The molecule has 0 spiro atoms. The van der Waals surface area contributed by atoms with Gasteiger partial charge in [0.05, 0.1) is 16.1 Å². The van der Waals surface area contributed by atoms with E-state index >= 15 is 0 Å². The minimum Gasteiger partial charge on any atom is -0.392 e. The fourth-order valence-electron chi connectivity index (χ4n) is 1.38. The van der Waals surface area contributed by atoms with E-state index in [4.69, 9.17) is 28.3 Å². The van der Waals surface area contributed by atoms with E-state index in [1.54, 1.807) is 6.92 Å². The highest BCUT2D eigenvalue weighted by Crippen LogP contribution is 2.29. The Morgan fingerprint density at radius 3 is 2.60 bits per heavy atom. The third kappa shape index (κ3) is 4.83. The molecule has 0 aliphatic rings. The van der Waals surface area contributed by atoms with Crippen LogP contribution in [0.3, 0.4) is 0 Å². The maximum atomic E-state index is 13.5. The number of sulfonamides is 1. The van der Waals surface area contributed by atoms with Gasteiger partial charge in [-0.3, -0.25) is 0 Å². The predicted molar refractivity (Wildman–Crippen MR) is 76.2 cm³/mol. The van der Waals surface area contributed by atoms with Crippen LogP contribution in [0.15, 0.2) is 17.0 Å². The van der Waals surface area contributed by atoms with Gasteiger partial charge in [-0.15, -0.1) is 0 Å². The van der Waals surface area contributed by atoms with Crippen molar-refractivity contribution < 1.29 is 17.9 Å². The summed E-state index contributed by atoms with van der Waals surface area (Å²) in [7, 11) is -3.91. The third-order valence-electron chi connectivity index (χ3n) is 2.32. The van der Waals surface area contributed by atoms with Crippen LogP contribution in [-0.4, -0.2) is 39.3 Å². The van der Waals surface area contributed by atoms with Crippen molar-refractivity contribution in [1.82, 2.24) is 10.0 Å². The molecule has 0 radical (unpaired) electrons. The molecule has 0 amide bonds. The van der Waals surface area contributed by atoms with Crippen molar-refractivity contribution in [1.29, 1.82) is 0 Å². The van der Waals surface area contributed by atoms with E-state index in [2.05, 4.69) is 10.0 Å². The number of hydrogen-bond acceptors (Lipinski definition) is 4. The largest absolute Gasteiger partial charge is 0.392 e. The Morgan fingerprint density at radius 1 is 1.35 bits per heavy atom. The quantitative estimate of drug-likeness (QED) is 0.515. The van der Waals surface area contributed by atoms with Gasteiger partial charge < -0.3 is 10.4 Å². The van der Waals surface area contributed by atoms with Gasteiger partial charge in [0.1, 0.15) is 4.90 Å². The van der Waals surface area contributed by atoms with E-state index in [9.17, 15) is 12.8 Å². The maximum absolute atomic E-state index is 13.5. The Morgan fingerprint density at radius 2 is 2.00 bits per heavy atom. The highest BCUT2D eigenvalue weighted by atomic mass is 35.5. The lowest BCUT2D eigenvalue weighted by Crippen LogP contribution is -2.34. The highest BCUT2D eigenvalue weighted by Gasteiger charge is 2.21. The summed E-state index contributed by atoms with van der Waals surface area (Å²) in [6.07, 6.45) is -0.522. The molecular formula is C11H15Cl2FN2O3S. The van der Waals surface area contributed by atoms with Crippen LogP contribution in [-0.2, 0) is 10.0 Å². The van der Waals surface area contributed by atoms with Crippen LogP contribution >= 0.6 is 23.2 Å². The van der Waals surface area contributed by atoms with Crippen LogP contribution in [0.4, 0.5) is 4.39 Å². The van der Waals surface area contributed by atoms with Crippen molar-refractivity contribution in [2.75, 3.05) is 19.6 Å². The summed E-state index contributed by atoms with van der Waals surface area (Å²) in [5.41, 5.74) is 0. The summed E-state index contributed by atoms with van der Waals surface area (Å²) >= 11 is 11.1. The number of benzene rings is 1. The zero-order valence-corrected chi connectivity index (χ0v) is 13.0. The summed E-state index contributed by atoms with van der Waals surface area (Å²) < 4.78 is 39.6. The highest BCUT2D eigenvalue weighted by molar-refractivity contribution is 7.89. The van der Waals surface area contributed by atoms with Gasteiger partial charge in [0.15, 0.2) is 5.82 Å². The van der Waals surface area contributed by atoms with Gasteiger partial charge in [0.25, 0.3) is 0 Å². The first kappa shape index (κ1) is 17.6. The Labute approximate surface area is 127 Å². The molecule has 20 heavy (non-hydrogen) atoms. The molecular weight excluding hydrogens is 330 g/mol. The zero-order valence-electron chi connectivity index (χ0n) is 10.7. The average molecular weight is 345 g/mol. The molecule has 1 unspecified atom stereocenters. The molecule has 1 aromatic carbocycles. The molecule has 0 aromatic heterocycles. The number of rotatable bonds is 7. The standard InChI is InChI=1S/C11H15Cl2FN2O3S/c1-7(17)6-15-4-5-16-20(18,19)9-3-2-8(12)11(14)10(9)13/h2-3,7,15-17H,4-6H2,1H3. The minimum atomic E-state index is -3.91. The lowest BCUT2D eigenvalue weighted by Gasteiger charge is -2.10. The first-order chi connectivity index (χ1) is 9.25. The van der Waals surface area contributed by atoms with Crippen LogP contribution in [0.1, 0.15) is 6.92 Å². The van der Waals surface area contributed by atoms with Gasteiger partial charge in [-0.25, -0.2) is 17.5 Å². The van der Waals surface area contributed by atoms with Crippen LogP contribution in [0.5, 0.6) is 0 Å². The second-order valence-corrected chi connectivity index (χ2v) is 6.64. The molecule has 1 rings (SSSR count). The molecule has 5 nitrogen and oxygen atoms in total.